The van der Waals surface area contributed by atoms with Gasteiger partial charge in [-0.3, -0.25) is 0 Å². The molecular formula is C15H25NO2. The Morgan fingerprint density at radius 1 is 1.22 bits per heavy atom. The van der Waals surface area contributed by atoms with Crippen LogP contribution in [0.3, 0.4) is 0 Å². The highest BCUT2D eigenvalue weighted by Gasteiger charge is 2.30. The number of hydrogen-bond acceptors (Lipinski definition) is 3. The third-order valence-electron chi connectivity index (χ3n) is 4.11. The first-order valence-electron chi connectivity index (χ1n) is 7.17. The van der Waals surface area contributed by atoms with Crippen molar-refractivity contribution in [3.63, 3.8) is 0 Å². The molecule has 2 N–H and O–H groups in total. The molecule has 18 heavy (non-hydrogen) atoms. The standard InChI is InChI=1S/C15H25NO2/c1-2-13-6-7-14(18-13)10-16-11-15(12-17)8-4-3-5-9-15/h6-7,16-17H,2-5,8-12H2,1H3. The van der Waals surface area contributed by atoms with Crippen LogP contribution < -0.4 is 5.32 Å². The van der Waals surface area contributed by atoms with Crippen LogP contribution in [0.5, 0.6) is 0 Å². The second-order valence-corrected chi connectivity index (χ2v) is 5.54. The van der Waals surface area contributed by atoms with E-state index in [0.717, 1.165) is 43.9 Å². The molecule has 0 aliphatic heterocycles. The van der Waals surface area contributed by atoms with Crippen molar-refractivity contribution < 1.29 is 9.52 Å². The van der Waals surface area contributed by atoms with Crippen LogP contribution in [0, 0.1) is 5.41 Å². The normalized spacial score (nSPS) is 19.0. The topological polar surface area (TPSA) is 45.4 Å². The third kappa shape index (κ3) is 3.36. The lowest BCUT2D eigenvalue weighted by molar-refractivity contribution is 0.0805. The predicted molar refractivity (Wildman–Crippen MR) is 72.4 cm³/mol. The highest BCUT2D eigenvalue weighted by Crippen LogP contribution is 2.35. The van der Waals surface area contributed by atoms with E-state index >= 15 is 0 Å². The molecule has 0 bridgehead atoms. The Bertz CT molecular complexity index is 353. The Morgan fingerprint density at radius 3 is 2.56 bits per heavy atom. The van der Waals surface area contributed by atoms with E-state index in [1.54, 1.807) is 0 Å². The zero-order valence-corrected chi connectivity index (χ0v) is 11.4. The van der Waals surface area contributed by atoms with Gasteiger partial charge in [-0.1, -0.05) is 26.2 Å². The number of hydrogen-bond donors (Lipinski definition) is 2. The molecule has 1 fully saturated rings. The summed E-state index contributed by atoms with van der Waals surface area (Å²) in [7, 11) is 0. The first-order chi connectivity index (χ1) is 8.78. The summed E-state index contributed by atoms with van der Waals surface area (Å²) >= 11 is 0. The molecule has 1 aliphatic carbocycles. The van der Waals surface area contributed by atoms with Crippen molar-refractivity contribution in [1.82, 2.24) is 5.32 Å². The minimum Gasteiger partial charge on any atom is -0.465 e. The van der Waals surface area contributed by atoms with E-state index in [1.165, 1.54) is 19.3 Å². The number of aliphatic hydroxyl groups excluding tert-OH is 1. The fourth-order valence-electron chi connectivity index (χ4n) is 2.85. The van der Waals surface area contributed by atoms with Gasteiger partial charge in [0.25, 0.3) is 0 Å². The smallest absolute Gasteiger partial charge is 0.117 e. The van der Waals surface area contributed by atoms with Crippen LogP contribution in [0.15, 0.2) is 16.5 Å². The maximum atomic E-state index is 9.62. The summed E-state index contributed by atoms with van der Waals surface area (Å²) in [5, 5.41) is 13.1. The van der Waals surface area contributed by atoms with Gasteiger partial charge in [0.2, 0.25) is 0 Å². The van der Waals surface area contributed by atoms with Crippen molar-refractivity contribution in [2.75, 3.05) is 13.2 Å². The van der Waals surface area contributed by atoms with Gasteiger partial charge >= 0.3 is 0 Å². The van der Waals surface area contributed by atoms with Gasteiger partial charge in [0.15, 0.2) is 0 Å². The van der Waals surface area contributed by atoms with Gasteiger partial charge in [-0.15, -0.1) is 0 Å². The molecule has 1 aliphatic rings. The lowest BCUT2D eigenvalue weighted by Crippen LogP contribution is -2.38. The van der Waals surface area contributed by atoms with E-state index in [4.69, 9.17) is 4.42 Å². The monoisotopic (exact) mass is 251 g/mol. The van der Waals surface area contributed by atoms with Gasteiger partial charge < -0.3 is 14.8 Å². The molecule has 0 spiro atoms. The number of rotatable bonds is 6. The van der Waals surface area contributed by atoms with Gasteiger partial charge in [0.05, 0.1) is 6.54 Å². The average Bonchev–Trinajstić information content (AvgIpc) is 2.88. The van der Waals surface area contributed by atoms with Crippen molar-refractivity contribution in [2.24, 2.45) is 5.41 Å². The van der Waals surface area contributed by atoms with Gasteiger partial charge in [-0.25, -0.2) is 0 Å². The van der Waals surface area contributed by atoms with E-state index < -0.39 is 0 Å². The summed E-state index contributed by atoms with van der Waals surface area (Å²) < 4.78 is 5.66. The van der Waals surface area contributed by atoms with Crippen molar-refractivity contribution >= 4 is 0 Å². The van der Waals surface area contributed by atoms with Crippen molar-refractivity contribution in [1.29, 1.82) is 0 Å². The minimum atomic E-state index is 0.110. The van der Waals surface area contributed by atoms with Gasteiger partial charge in [0.1, 0.15) is 11.5 Å². The Hall–Kier alpha value is -0.800. The van der Waals surface area contributed by atoms with Gasteiger partial charge in [0, 0.05) is 25.0 Å². The summed E-state index contributed by atoms with van der Waals surface area (Å²) in [6, 6.07) is 4.08. The van der Waals surface area contributed by atoms with Crippen LogP contribution in [-0.2, 0) is 13.0 Å². The number of aliphatic hydroxyl groups is 1. The molecule has 1 heterocycles. The second-order valence-electron chi connectivity index (χ2n) is 5.54. The summed E-state index contributed by atoms with van der Waals surface area (Å²) in [6.07, 6.45) is 7.07. The maximum absolute atomic E-state index is 9.62. The number of aryl methyl sites for hydroxylation is 1. The second kappa shape index (κ2) is 6.39. The van der Waals surface area contributed by atoms with E-state index in [0.29, 0.717) is 6.61 Å². The van der Waals surface area contributed by atoms with Crippen LogP contribution >= 0.6 is 0 Å². The SMILES string of the molecule is CCc1ccc(CNCC2(CO)CCCCC2)o1. The molecule has 102 valence electrons. The summed E-state index contributed by atoms with van der Waals surface area (Å²) in [6.45, 7) is 4.06. The highest BCUT2D eigenvalue weighted by molar-refractivity contribution is 5.06. The van der Waals surface area contributed by atoms with Crippen LogP contribution in [0.2, 0.25) is 0 Å². The largest absolute Gasteiger partial charge is 0.465 e. The van der Waals surface area contributed by atoms with Crippen LogP contribution in [0.1, 0.15) is 50.5 Å². The van der Waals surface area contributed by atoms with Crippen LogP contribution in [-0.4, -0.2) is 18.3 Å². The summed E-state index contributed by atoms with van der Waals surface area (Å²) in [5.41, 5.74) is 0.110. The van der Waals surface area contributed by atoms with Gasteiger partial charge in [-0.2, -0.15) is 0 Å². The fraction of sp³-hybridized carbons (Fsp3) is 0.733. The van der Waals surface area contributed by atoms with Crippen molar-refractivity contribution in [2.45, 2.75) is 52.0 Å². The first-order valence-corrected chi connectivity index (χ1v) is 7.17. The van der Waals surface area contributed by atoms with Crippen molar-refractivity contribution in [3.05, 3.63) is 23.7 Å². The predicted octanol–water partition coefficient (Wildman–Crippen LogP) is 2.87. The van der Waals surface area contributed by atoms with Gasteiger partial charge in [-0.05, 0) is 25.0 Å². The molecule has 0 radical (unpaired) electrons. The molecule has 3 heteroatoms. The Morgan fingerprint density at radius 2 is 1.94 bits per heavy atom. The molecule has 1 saturated carbocycles. The molecule has 0 amide bonds. The van der Waals surface area contributed by atoms with Crippen LogP contribution in [0.25, 0.3) is 0 Å². The fourth-order valence-corrected chi connectivity index (χ4v) is 2.85. The Labute approximate surface area is 110 Å². The molecule has 0 unspecified atom stereocenters. The van der Waals surface area contributed by atoms with E-state index in [-0.39, 0.29) is 5.41 Å². The summed E-state index contributed by atoms with van der Waals surface area (Å²) in [4.78, 5) is 0. The first kappa shape index (κ1) is 13.6. The van der Waals surface area contributed by atoms with E-state index in [2.05, 4.69) is 12.2 Å². The van der Waals surface area contributed by atoms with Crippen LogP contribution in [0.4, 0.5) is 0 Å². The molecule has 0 atom stereocenters. The quantitative estimate of drug-likeness (QED) is 0.817. The molecule has 0 aromatic carbocycles. The molecule has 2 rings (SSSR count). The minimum absolute atomic E-state index is 0.110. The molecular weight excluding hydrogens is 226 g/mol. The zero-order valence-electron chi connectivity index (χ0n) is 11.4. The zero-order chi connectivity index (χ0) is 12.8. The molecule has 0 saturated heterocycles. The molecule has 1 aromatic heterocycles. The Balaban J connectivity index is 1.79. The molecule has 1 aromatic rings. The van der Waals surface area contributed by atoms with E-state index in [1.807, 2.05) is 12.1 Å². The van der Waals surface area contributed by atoms with Crippen molar-refractivity contribution in [3.8, 4) is 0 Å². The number of furan rings is 1. The Kier molecular flexibility index (Phi) is 4.84. The third-order valence-corrected chi connectivity index (χ3v) is 4.11. The number of nitrogens with one attached hydrogen (secondary N) is 1. The molecule has 3 nitrogen and oxygen atoms in total. The maximum Gasteiger partial charge on any atom is 0.117 e. The highest BCUT2D eigenvalue weighted by atomic mass is 16.3. The lowest BCUT2D eigenvalue weighted by atomic mass is 9.74. The lowest BCUT2D eigenvalue weighted by Gasteiger charge is -2.35. The summed E-state index contributed by atoms with van der Waals surface area (Å²) in [5.74, 6) is 2.04. The van der Waals surface area contributed by atoms with E-state index in [9.17, 15) is 5.11 Å². The average molecular weight is 251 g/mol.